The van der Waals surface area contributed by atoms with Gasteiger partial charge in [-0.2, -0.15) is 5.26 Å². The van der Waals surface area contributed by atoms with Crippen molar-refractivity contribution in [3.63, 3.8) is 0 Å². The van der Waals surface area contributed by atoms with Crippen LogP contribution in [0.2, 0.25) is 5.02 Å². The molecule has 1 aliphatic rings. The molecule has 0 aliphatic carbocycles. The Hall–Kier alpha value is -2.79. The van der Waals surface area contributed by atoms with E-state index in [4.69, 9.17) is 26.3 Å². The number of rotatable bonds is 6. The Bertz CT molecular complexity index is 1080. The van der Waals surface area contributed by atoms with Crippen LogP contribution in [0, 0.1) is 11.3 Å². The summed E-state index contributed by atoms with van der Waals surface area (Å²) < 4.78 is 11.7. The topological polar surface area (TPSA) is 83.3 Å². The van der Waals surface area contributed by atoms with Crippen molar-refractivity contribution >= 4 is 46.4 Å². The van der Waals surface area contributed by atoms with Crippen LogP contribution in [0.5, 0.6) is 11.5 Å². The number of halogens is 2. The van der Waals surface area contributed by atoms with Gasteiger partial charge in [-0.05, 0) is 50.2 Å². The molecule has 0 unspecified atom stereocenters. The zero-order valence-electron chi connectivity index (χ0n) is 17.0. The van der Waals surface area contributed by atoms with E-state index in [-0.39, 0.29) is 25.1 Å². The molecule has 2 heterocycles. The van der Waals surface area contributed by atoms with Crippen molar-refractivity contribution in [3.05, 3.63) is 47.7 Å². The van der Waals surface area contributed by atoms with Crippen molar-refractivity contribution in [2.75, 3.05) is 32.1 Å². The van der Waals surface area contributed by atoms with Crippen LogP contribution >= 0.6 is 24.0 Å². The van der Waals surface area contributed by atoms with Crippen molar-refractivity contribution in [3.8, 4) is 17.6 Å². The fourth-order valence-electron chi connectivity index (χ4n) is 3.50. The fraction of sp³-hybridized carbons (Fsp3) is 0.318. The van der Waals surface area contributed by atoms with Crippen LogP contribution < -0.4 is 14.8 Å². The lowest BCUT2D eigenvalue weighted by molar-refractivity contribution is 0.116. The smallest absolute Gasteiger partial charge is 0.174 e. The molecule has 0 saturated carbocycles. The van der Waals surface area contributed by atoms with Crippen LogP contribution in [0.1, 0.15) is 12.8 Å². The maximum Gasteiger partial charge on any atom is 0.174 e. The summed E-state index contributed by atoms with van der Waals surface area (Å²) in [6, 6.07) is 13.1. The van der Waals surface area contributed by atoms with Gasteiger partial charge < -0.3 is 19.7 Å². The molecule has 4 rings (SSSR count). The lowest BCUT2D eigenvalue weighted by atomic mass is 10.1. The molecule has 1 fully saturated rings. The standard InChI is InChI=1S/C22H22ClN5O2.ClH/c1-28-10-7-16(8-11-28)30-20-4-2-3-18-21(20)22(26-14-25-18)27-15-5-6-19(17(23)13-15)29-12-9-24;/h2-6,13-14,16H,7-8,10-12H2,1H3,(H,25,26,27);1H. The molecule has 0 radical (unpaired) electrons. The third kappa shape index (κ3) is 5.47. The summed E-state index contributed by atoms with van der Waals surface area (Å²) in [5, 5.41) is 13.2. The van der Waals surface area contributed by atoms with Gasteiger partial charge in [0, 0.05) is 18.8 Å². The molecule has 1 aromatic heterocycles. The van der Waals surface area contributed by atoms with E-state index in [9.17, 15) is 0 Å². The summed E-state index contributed by atoms with van der Waals surface area (Å²) in [4.78, 5) is 11.2. The molecule has 3 aromatic rings. The summed E-state index contributed by atoms with van der Waals surface area (Å²) in [6.07, 6.45) is 3.67. The zero-order valence-corrected chi connectivity index (χ0v) is 18.6. The van der Waals surface area contributed by atoms with Gasteiger partial charge in [0.05, 0.1) is 15.9 Å². The minimum Gasteiger partial charge on any atom is -0.489 e. The summed E-state index contributed by atoms with van der Waals surface area (Å²) >= 11 is 6.29. The molecule has 1 saturated heterocycles. The van der Waals surface area contributed by atoms with Crippen LogP contribution in [0.4, 0.5) is 11.5 Å². The van der Waals surface area contributed by atoms with Crippen LogP contribution in [0.3, 0.4) is 0 Å². The lowest BCUT2D eigenvalue weighted by Gasteiger charge is -2.29. The number of nitrogens with zero attached hydrogens (tertiary/aromatic N) is 4. The van der Waals surface area contributed by atoms with Gasteiger partial charge in [-0.3, -0.25) is 0 Å². The molecule has 1 N–H and O–H groups in total. The van der Waals surface area contributed by atoms with Gasteiger partial charge in [-0.25, -0.2) is 9.97 Å². The van der Waals surface area contributed by atoms with Gasteiger partial charge in [-0.1, -0.05) is 17.7 Å². The quantitative estimate of drug-likeness (QED) is 0.565. The number of benzene rings is 2. The van der Waals surface area contributed by atoms with E-state index in [0.29, 0.717) is 16.6 Å². The first kappa shape index (κ1) is 22.9. The van der Waals surface area contributed by atoms with Gasteiger partial charge in [0.2, 0.25) is 0 Å². The van der Waals surface area contributed by atoms with E-state index in [1.54, 1.807) is 12.1 Å². The maximum absolute atomic E-state index is 8.67. The predicted molar refractivity (Wildman–Crippen MR) is 124 cm³/mol. The molecular formula is C22H23Cl2N5O2. The van der Waals surface area contributed by atoms with Crippen molar-refractivity contribution < 1.29 is 9.47 Å². The summed E-state index contributed by atoms with van der Waals surface area (Å²) in [5.74, 6) is 1.87. The van der Waals surface area contributed by atoms with E-state index >= 15 is 0 Å². The second-order valence-electron chi connectivity index (χ2n) is 7.21. The number of hydrogen-bond acceptors (Lipinski definition) is 7. The number of fused-ring (bicyclic) bond motifs is 1. The van der Waals surface area contributed by atoms with Crippen LogP contribution in [0.25, 0.3) is 10.9 Å². The Labute approximate surface area is 192 Å². The first-order valence-electron chi connectivity index (χ1n) is 9.79. The SMILES string of the molecule is CN1CCC(Oc2cccc3ncnc(Nc4ccc(OCC#N)c(Cl)c4)c23)CC1.Cl. The van der Waals surface area contributed by atoms with Crippen molar-refractivity contribution in [1.82, 2.24) is 14.9 Å². The molecular weight excluding hydrogens is 437 g/mol. The van der Waals surface area contributed by atoms with E-state index in [1.807, 2.05) is 30.3 Å². The Balaban J connectivity index is 0.00000272. The summed E-state index contributed by atoms with van der Waals surface area (Å²) in [7, 11) is 2.13. The van der Waals surface area contributed by atoms with Crippen LogP contribution in [-0.2, 0) is 0 Å². The second kappa shape index (κ2) is 10.5. The Morgan fingerprint density at radius 2 is 2.00 bits per heavy atom. The predicted octanol–water partition coefficient (Wildman–Crippen LogP) is 4.82. The third-order valence-electron chi connectivity index (χ3n) is 5.07. The molecule has 0 bridgehead atoms. The zero-order chi connectivity index (χ0) is 20.9. The normalized spacial score (nSPS) is 14.5. The van der Waals surface area contributed by atoms with Crippen molar-refractivity contribution in [2.24, 2.45) is 0 Å². The van der Waals surface area contributed by atoms with Gasteiger partial charge in [0.1, 0.15) is 35.8 Å². The first-order chi connectivity index (χ1) is 14.6. The van der Waals surface area contributed by atoms with E-state index < -0.39 is 0 Å². The number of likely N-dealkylation sites (tertiary alicyclic amines) is 1. The average molecular weight is 460 g/mol. The Morgan fingerprint density at radius 1 is 1.19 bits per heavy atom. The number of aromatic nitrogens is 2. The lowest BCUT2D eigenvalue weighted by Crippen LogP contribution is -2.35. The molecule has 31 heavy (non-hydrogen) atoms. The number of ether oxygens (including phenoxy) is 2. The number of anilines is 2. The second-order valence-corrected chi connectivity index (χ2v) is 7.62. The maximum atomic E-state index is 8.67. The number of nitrogens with one attached hydrogen (secondary N) is 1. The molecule has 9 heteroatoms. The monoisotopic (exact) mass is 459 g/mol. The average Bonchev–Trinajstić information content (AvgIpc) is 2.75. The molecule has 0 spiro atoms. The van der Waals surface area contributed by atoms with Crippen LogP contribution in [0.15, 0.2) is 42.7 Å². The highest BCUT2D eigenvalue weighted by atomic mass is 35.5. The van der Waals surface area contributed by atoms with Crippen molar-refractivity contribution in [1.29, 1.82) is 5.26 Å². The van der Waals surface area contributed by atoms with Crippen LogP contribution in [-0.4, -0.2) is 47.7 Å². The molecule has 162 valence electrons. The first-order valence-corrected chi connectivity index (χ1v) is 10.2. The number of nitriles is 1. The van der Waals surface area contributed by atoms with E-state index in [2.05, 4.69) is 27.2 Å². The third-order valence-corrected chi connectivity index (χ3v) is 5.37. The Morgan fingerprint density at radius 3 is 2.74 bits per heavy atom. The number of piperidine rings is 1. The summed E-state index contributed by atoms with van der Waals surface area (Å²) in [5.41, 5.74) is 1.55. The van der Waals surface area contributed by atoms with Gasteiger partial charge >= 0.3 is 0 Å². The highest BCUT2D eigenvalue weighted by molar-refractivity contribution is 6.32. The highest BCUT2D eigenvalue weighted by Gasteiger charge is 2.20. The largest absolute Gasteiger partial charge is 0.489 e. The van der Waals surface area contributed by atoms with Gasteiger partial charge in [-0.15, -0.1) is 12.4 Å². The number of hydrogen-bond donors (Lipinski definition) is 1. The Kier molecular flexibility index (Phi) is 7.75. The molecule has 2 aromatic carbocycles. The molecule has 0 atom stereocenters. The minimum atomic E-state index is -0.0549. The molecule has 1 aliphatic heterocycles. The highest BCUT2D eigenvalue weighted by Crippen LogP contribution is 2.34. The van der Waals surface area contributed by atoms with E-state index in [1.165, 1.54) is 6.33 Å². The minimum absolute atomic E-state index is 0. The van der Waals surface area contributed by atoms with E-state index in [0.717, 1.165) is 48.3 Å². The fourth-order valence-corrected chi connectivity index (χ4v) is 3.73. The molecule has 0 amide bonds. The summed E-state index contributed by atoms with van der Waals surface area (Å²) in [6.45, 7) is 1.99. The van der Waals surface area contributed by atoms with Gasteiger partial charge in [0.25, 0.3) is 0 Å². The molecule has 7 nitrogen and oxygen atoms in total. The van der Waals surface area contributed by atoms with Gasteiger partial charge in [0.15, 0.2) is 6.61 Å². The van der Waals surface area contributed by atoms with Crippen molar-refractivity contribution in [2.45, 2.75) is 18.9 Å².